The lowest BCUT2D eigenvalue weighted by atomic mass is 10.0. The molecule has 0 amide bonds. The largest absolute Gasteiger partial charge is 0.465 e. The number of fused-ring (bicyclic) bond motifs is 1. The molecule has 0 bridgehead atoms. The SMILES string of the molecule is COC(=O)c1c(COC(=O)C2CC2)nc2ccccc2c1C. The molecule has 0 unspecified atom stereocenters. The molecule has 0 N–H and O–H groups in total. The van der Waals surface area contributed by atoms with Crippen LogP contribution in [0.5, 0.6) is 0 Å². The molecule has 1 aromatic carbocycles. The fourth-order valence-corrected chi connectivity index (χ4v) is 2.49. The predicted octanol–water partition coefficient (Wildman–Crippen LogP) is 2.78. The van der Waals surface area contributed by atoms with Gasteiger partial charge in [-0.25, -0.2) is 9.78 Å². The van der Waals surface area contributed by atoms with Crippen LogP contribution in [-0.4, -0.2) is 24.0 Å². The van der Waals surface area contributed by atoms with Crippen molar-refractivity contribution in [3.8, 4) is 0 Å². The van der Waals surface area contributed by atoms with E-state index >= 15 is 0 Å². The Morgan fingerprint density at radius 3 is 2.68 bits per heavy atom. The lowest BCUT2D eigenvalue weighted by Crippen LogP contribution is -2.14. The highest BCUT2D eigenvalue weighted by molar-refractivity contribution is 5.98. The van der Waals surface area contributed by atoms with E-state index in [1.54, 1.807) is 0 Å². The number of para-hydroxylation sites is 1. The van der Waals surface area contributed by atoms with Gasteiger partial charge in [-0.05, 0) is 31.4 Å². The summed E-state index contributed by atoms with van der Waals surface area (Å²) in [7, 11) is 1.33. The zero-order valence-corrected chi connectivity index (χ0v) is 12.6. The Bertz CT molecular complexity index is 750. The molecule has 5 heteroatoms. The average Bonchev–Trinajstić information content (AvgIpc) is 3.37. The number of carbonyl (C=O) groups is 2. The third kappa shape index (κ3) is 2.66. The first kappa shape index (κ1) is 14.5. The van der Waals surface area contributed by atoms with E-state index in [1.807, 2.05) is 31.2 Å². The molecule has 1 saturated carbocycles. The van der Waals surface area contributed by atoms with Gasteiger partial charge in [-0.15, -0.1) is 0 Å². The molecule has 0 spiro atoms. The van der Waals surface area contributed by atoms with Gasteiger partial charge in [-0.2, -0.15) is 0 Å². The lowest BCUT2D eigenvalue weighted by Gasteiger charge is -2.13. The third-order valence-corrected chi connectivity index (χ3v) is 3.88. The first-order chi connectivity index (χ1) is 10.6. The van der Waals surface area contributed by atoms with Gasteiger partial charge in [0, 0.05) is 5.39 Å². The van der Waals surface area contributed by atoms with Crippen LogP contribution in [0.4, 0.5) is 0 Å². The van der Waals surface area contributed by atoms with E-state index in [2.05, 4.69) is 4.98 Å². The van der Waals surface area contributed by atoms with Crippen molar-refractivity contribution in [2.45, 2.75) is 26.4 Å². The normalized spacial score (nSPS) is 13.9. The average molecular weight is 299 g/mol. The number of hydrogen-bond donors (Lipinski definition) is 0. The number of rotatable bonds is 4. The van der Waals surface area contributed by atoms with Crippen LogP contribution in [-0.2, 0) is 20.9 Å². The van der Waals surface area contributed by atoms with Crippen LogP contribution < -0.4 is 0 Å². The monoisotopic (exact) mass is 299 g/mol. The van der Waals surface area contributed by atoms with Crippen molar-refractivity contribution in [1.82, 2.24) is 4.98 Å². The second-order valence-electron chi connectivity index (χ2n) is 5.45. The molecule has 1 aliphatic carbocycles. The van der Waals surface area contributed by atoms with Crippen molar-refractivity contribution in [3.05, 3.63) is 41.1 Å². The molecule has 3 rings (SSSR count). The Labute approximate surface area is 128 Å². The number of aryl methyl sites for hydroxylation is 1. The van der Waals surface area contributed by atoms with Crippen molar-refractivity contribution in [2.24, 2.45) is 5.92 Å². The van der Waals surface area contributed by atoms with Gasteiger partial charge in [0.2, 0.25) is 0 Å². The number of methoxy groups -OCH3 is 1. The summed E-state index contributed by atoms with van der Waals surface area (Å²) in [6, 6.07) is 7.55. The van der Waals surface area contributed by atoms with Gasteiger partial charge in [-0.3, -0.25) is 4.79 Å². The standard InChI is InChI=1S/C17H17NO4/c1-10-12-5-3-4-6-13(12)18-14(15(10)17(20)21-2)9-22-16(19)11-7-8-11/h3-6,11H,7-9H2,1-2H3. The number of ether oxygens (including phenoxy) is 2. The molecule has 1 aromatic heterocycles. The number of carbonyl (C=O) groups excluding carboxylic acids is 2. The van der Waals surface area contributed by atoms with Gasteiger partial charge in [0.25, 0.3) is 0 Å². The minimum absolute atomic E-state index is 0.00849. The summed E-state index contributed by atoms with van der Waals surface area (Å²) in [5, 5.41) is 0.889. The fourth-order valence-electron chi connectivity index (χ4n) is 2.49. The molecule has 0 saturated heterocycles. The van der Waals surface area contributed by atoms with Crippen molar-refractivity contribution < 1.29 is 19.1 Å². The summed E-state index contributed by atoms with van der Waals surface area (Å²) in [5.41, 5.74) is 2.38. The molecule has 2 aromatic rings. The Hall–Kier alpha value is -2.43. The van der Waals surface area contributed by atoms with Crippen molar-refractivity contribution in [1.29, 1.82) is 0 Å². The third-order valence-electron chi connectivity index (χ3n) is 3.88. The maximum Gasteiger partial charge on any atom is 0.340 e. The van der Waals surface area contributed by atoms with Crippen LogP contribution in [0, 0.1) is 12.8 Å². The molecule has 1 fully saturated rings. The number of pyridine rings is 1. The van der Waals surface area contributed by atoms with Crippen LogP contribution in [0.15, 0.2) is 24.3 Å². The molecular formula is C17H17NO4. The van der Waals surface area contributed by atoms with E-state index in [0.29, 0.717) is 11.3 Å². The first-order valence-electron chi connectivity index (χ1n) is 7.25. The van der Waals surface area contributed by atoms with Crippen LogP contribution in [0.2, 0.25) is 0 Å². The zero-order chi connectivity index (χ0) is 15.7. The minimum atomic E-state index is -0.465. The van der Waals surface area contributed by atoms with Crippen LogP contribution in [0.25, 0.3) is 10.9 Å². The van der Waals surface area contributed by atoms with Gasteiger partial charge in [0.15, 0.2) is 0 Å². The Morgan fingerprint density at radius 2 is 2.00 bits per heavy atom. The maximum absolute atomic E-state index is 12.1. The van der Waals surface area contributed by atoms with Gasteiger partial charge in [0.05, 0.1) is 29.8 Å². The molecule has 114 valence electrons. The predicted molar refractivity (Wildman–Crippen MR) is 80.3 cm³/mol. The van der Waals surface area contributed by atoms with Crippen molar-refractivity contribution >= 4 is 22.8 Å². The van der Waals surface area contributed by atoms with Gasteiger partial charge < -0.3 is 9.47 Å². The molecule has 0 radical (unpaired) electrons. The fraction of sp³-hybridized carbons (Fsp3) is 0.353. The van der Waals surface area contributed by atoms with Gasteiger partial charge in [0.1, 0.15) is 6.61 Å². The molecule has 22 heavy (non-hydrogen) atoms. The molecule has 0 atom stereocenters. The summed E-state index contributed by atoms with van der Waals surface area (Å²) in [4.78, 5) is 28.3. The van der Waals surface area contributed by atoms with E-state index in [4.69, 9.17) is 9.47 Å². The highest BCUT2D eigenvalue weighted by Gasteiger charge is 2.31. The van der Waals surface area contributed by atoms with Gasteiger partial charge >= 0.3 is 11.9 Å². The number of benzene rings is 1. The Balaban J connectivity index is 2.01. The second kappa shape index (κ2) is 5.75. The number of esters is 2. The number of nitrogens with zero attached hydrogens (tertiary/aromatic N) is 1. The van der Waals surface area contributed by atoms with Gasteiger partial charge in [-0.1, -0.05) is 18.2 Å². The Morgan fingerprint density at radius 1 is 1.27 bits per heavy atom. The van der Waals surface area contributed by atoms with E-state index in [9.17, 15) is 9.59 Å². The summed E-state index contributed by atoms with van der Waals surface area (Å²) >= 11 is 0. The smallest absolute Gasteiger partial charge is 0.340 e. The van der Waals surface area contributed by atoms with Crippen molar-refractivity contribution in [3.63, 3.8) is 0 Å². The molecule has 1 heterocycles. The highest BCUT2D eigenvalue weighted by atomic mass is 16.5. The van der Waals surface area contributed by atoms with E-state index in [0.717, 1.165) is 29.3 Å². The van der Waals surface area contributed by atoms with E-state index in [-0.39, 0.29) is 18.5 Å². The quantitative estimate of drug-likeness (QED) is 0.812. The molecular weight excluding hydrogens is 282 g/mol. The molecule has 1 aliphatic rings. The summed E-state index contributed by atoms with van der Waals surface area (Å²) in [6.45, 7) is 1.84. The van der Waals surface area contributed by atoms with E-state index < -0.39 is 5.97 Å². The van der Waals surface area contributed by atoms with Crippen LogP contribution in [0.1, 0.15) is 34.5 Å². The summed E-state index contributed by atoms with van der Waals surface area (Å²) < 4.78 is 10.1. The van der Waals surface area contributed by atoms with Crippen LogP contribution in [0.3, 0.4) is 0 Å². The second-order valence-corrected chi connectivity index (χ2v) is 5.45. The Kier molecular flexibility index (Phi) is 3.79. The topological polar surface area (TPSA) is 65.5 Å². The molecule has 5 nitrogen and oxygen atoms in total. The van der Waals surface area contributed by atoms with Crippen LogP contribution >= 0.6 is 0 Å². The summed E-state index contributed by atoms with van der Waals surface area (Å²) in [6.07, 6.45) is 1.76. The minimum Gasteiger partial charge on any atom is -0.465 e. The number of aromatic nitrogens is 1. The number of hydrogen-bond acceptors (Lipinski definition) is 5. The summed E-state index contributed by atoms with van der Waals surface area (Å²) in [5.74, 6) is -0.667. The molecule has 0 aliphatic heterocycles. The zero-order valence-electron chi connectivity index (χ0n) is 12.6. The first-order valence-corrected chi connectivity index (χ1v) is 7.25. The lowest BCUT2D eigenvalue weighted by molar-refractivity contribution is -0.146. The van der Waals surface area contributed by atoms with Crippen molar-refractivity contribution in [2.75, 3.05) is 7.11 Å². The highest BCUT2D eigenvalue weighted by Crippen LogP contribution is 2.31. The maximum atomic E-state index is 12.1. The van der Waals surface area contributed by atoms with E-state index in [1.165, 1.54) is 7.11 Å².